The average Bonchev–Trinajstić information content (AvgIpc) is 3.60. The highest BCUT2D eigenvalue weighted by molar-refractivity contribution is 5.94. The molecule has 1 unspecified atom stereocenters. The minimum absolute atomic E-state index is 0.00742. The summed E-state index contributed by atoms with van der Waals surface area (Å²) in [6, 6.07) is 18.6. The highest BCUT2D eigenvalue weighted by Crippen LogP contribution is 2.33. The molecule has 1 aliphatic heterocycles. The second-order valence-electron chi connectivity index (χ2n) is 8.80. The molecule has 2 aliphatic rings. The van der Waals surface area contributed by atoms with Gasteiger partial charge in [-0.2, -0.15) is 5.10 Å². The van der Waals surface area contributed by atoms with Crippen molar-refractivity contribution in [2.24, 2.45) is 0 Å². The van der Waals surface area contributed by atoms with E-state index in [-0.39, 0.29) is 11.9 Å². The molecule has 2 fully saturated rings. The van der Waals surface area contributed by atoms with E-state index in [1.807, 2.05) is 35.2 Å². The molecule has 7 nitrogen and oxygen atoms in total. The second kappa shape index (κ2) is 9.27. The van der Waals surface area contributed by atoms with Crippen LogP contribution in [0.25, 0.3) is 11.3 Å². The number of carbonyl (C=O) groups is 1. The molecule has 7 heteroatoms. The van der Waals surface area contributed by atoms with Crippen LogP contribution in [-0.2, 0) is 6.42 Å². The fourth-order valence-corrected chi connectivity index (χ4v) is 4.72. The highest BCUT2D eigenvalue weighted by atomic mass is 16.5. The van der Waals surface area contributed by atoms with E-state index in [2.05, 4.69) is 39.4 Å². The molecule has 0 spiro atoms. The molecule has 3 aromatic rings. The van der Waals surface area contributed by atoms with E-state index >= 15 is 0 Å². The zero-order valence-electron chi connectivity index (χ0n) is 19.2. The third kappa shape index (κ3) is 4.59. The van der Waals surface area contributed by atoms with Crippen LogP contribution in [0.1, 0.15) is 28.9 Å². The summed E-state index contributed by atoms with van der Waals surface area (Å²) in [7, 11) is 3.25. The van der Waals surface area contributed by atoms with Crippen LogP contribution in [0.2, 0.25) is 0 Å². The van der Waals surface area contributed by atoms with E-state index in [9.17, 15) is 4.79 Å². The molecular formula is C26H30N4O3. The van der Waals surface area contributed by atoms with Gasteiger partial charge in [0.1, 0.15) is 17.2 Å². The fraction of sp³-hybridized carbons (Fsp3) is 0.385. The zero-order chi connectivity index (χ0) is 22.8. The molecule has 33 heavy (non-hydrogen) atoms. The number of carbonyl (C=O) groups excluding carboxylic acids is 1. The maximum Gasteiger partial charge on any atom is 0.272 e. The molecule has 1 aliphatic carbocycles. The van der Waals surface area contributed by atoms with Crippen LogP contribution in [0.15, 0.2) is 54.6 Å². The Hall–Kier alpha value is -3.32. The first-order valence-electron chi connectivity index (χ1n) is 11.5. The van der Waals surface area contributed by atoms with Gasteiger partial charge >= 0.3 is 0 Å². The van der Waals surface area contributed by atoms with Crippen LogP contribution in [0.4, 0.5) is 0 Å². The minimum atomic E-state index is -0.00742. The monoisotopic (exact) mass is 446 g/mol. The predicted octanol–water partition coefficient (Wildman–Crippen LogP) is 3.63. The molecule has 1 aromatic heterocycles. The first-order valence-corrected chi connectivity index (χ1v) is 11.5. The number of methoxy groups -OCH3 is 2. The highest BCUT2D eigenvalue weighted by Gasteiger charge is 2.37. The Labute approximate surface area is 194 Å². The van der Waals surface area contributed by atoms with Crippen molar-refractivity contribution in [1.29, 1.82) is 0 Å². The van der Waals surface area contributed by atoms with Crippen LogP contribution in [0.3, 0.4) is 0 Å². The van der Waals surface area contributed by atoms with E-state index in [4.69, 9.17) is 9.47 Å². The quantitative estimate of drug-likeness (QED) is 0.600. The number of aromatic amines is 1. The van der Waals surface area contributed by atoms with Gasteiger partial charge in [-0.15, -0.1) is 0 Å². The summed E-state index contributed by atoms with van der Waals surface area (Å²) >= 11 is 0. The number of rotatable bonds is 7. The van der Waals surface area contributed by atoms with Crippen molar-refractivity contribution in [3.8, 4) is 22.8 Å². The number of benzene rings is 2. The van der Waals surface area contributed by atoms with E-state index in [1.54, 1.807) is 14.2 Å². The van der Waals surface area contributed by atoms with Gasteiger partial charge in [0, 0.05) is 37.3 Å². The van der Waals surface area contributed by atoms with Gasteiger partial charge in [0.2, 0.25) is 0 Å². The molecular weight excluding hydrogens is 416 g/mol. The Bertz CT molecular complexity index is 1110. The molecule has 1 atom stereocenters. The minimum Gasteiger partial charge on any atom is -0.497 e. The van der Waals surface area contributed by atoms with Crippen molar-refractivity contribution in [3.05, 3.63) is 65.9 Å². The summed E-state index contributed by atoms with van der Waals surface area (Å²) in [6.07, 6.45) is 3.40. The van der Waals surface area contributed by atoms with Gasteiger partial charge in [-0.25, -0.2) is 0 Å². The molecule has 0 radical (unpaired) electrons. The Morgan fingerprint density at radius 1 is 1.06 bits per heavy atom. The Kier molecular flexibility index (Phi) is 6.05. The second-order valence-corrected chi connectivity index (χ2v) is 8.80. The molecule has 172 valence electrons. The van der Waals surface area contributed by atoms with Crippen LogP contribution in [0.5, 0.6) is 11.5 Å². The summed E-state index contributed by atoms with van der Waals surface area (Å²) in [5, 5.41) is 7.40. The maximum atomic E-state index is 13.6. The number of nitrogens with zero attached hydrogens (tertiary/aromatic N) is 3. The number of H-pyrrole nitrogens is 1. The summed E-state index contributed by atoms with van der Waals surface area (Å²) in [5.74, 6) is 1.38. The van der Waals surface area contributed by atoms with Crippen LogP contribution in [0, 0.1) is 0 Å². The lowest BCUT2D eigenvalue weighted by molar-refractivity contribution is 0.0432. The Morgan fingerprint density at radius 2 is 1.88 bits per heavy atom. The smallest absolute Gasteiger partial charge is 0.272 e. The number of ether oxygens (including phenoxy) is 2. The van der Waals surface area contributed by atoms with Crippen molar-refractivity contribution < 1.29 is 14.3 Å². The largest absolute Gasteiger partial charge is 0.497 e. The molecule has 1 saturated carbocycles. The summed E-state index contributed by atoms with van der Waals surface area (Å²) in [5.41, 5.74) is 3.19. The number of hydrogen-bond acceptors (Lipinski definition) is 5. The summed E-state index contributed by atoms with van der Waals surface area (Å²) in [6.45, 7) is 2.56. The Balaban J connectivity index is 1.39. The summed E-state index contributed by atoms with van der Waals surface area (Å²) < 4.78 is 10.9. The van der Waals surface area contributed by atoms with Crippen LogP contribution in [-0.4, -0.2) is 71.8 Å². The van der Waals surface area contributed by atoms with Crippen molar-refractivity contribution in [3.63, 3.8) is 0 Å². The number of hydrogen-bond donors (Lipinski definition) is 1. The first kappa shape index (κ1) is 21.5. The summed E-state index contributed by atoms with van der Waals surface area (Å²) in [4.78, 5) is 18.2. The van der Waals surface area contributed by atoms with Gasteiger partial charge in [0.05, 0.1) is 19.9 Å². The van der Waals surface area contributed by atoms with Gasteiger partial charge in [0.25, 0.3) is 5.91 Å². The van der Waals surface area contributed by atoms with Gasteiger partial charge in [-0.3, -0.25) is 14.8 Å². The van der Waals surface area contributed by atoms with Crippen LogP contribution >= 0.6 is 0 Å². The normalized spacial score (nSPS) is 18.8. The lowest BCUT2D eigenvalue weighted by Crippen LogP contribution is -2.56. The number of nitrogens with one attached hydrogen (secondary N) is 1. The number of aromatic nitrogens is 2. The van der Waals surface area contributed by atoms with Crippen molar-refractivity contribution in [1.82, 2.24) is 20.0 Å². The lowest BCUT2D eigenvalue weighted by Gasteiger charge is -2.41. The molecule has 0 bridgehead atoms. The van der Waals surface area contributed by atoms with Gasteiger partial charge in [-0.05, 0) is 49.1 Å². The fourth-order valence-electron chi connectivity index (χ4n) is 4.72. The van der Waals surface area contributed by atoms with E-state index in [0.29, 0.717) is 28.9 Å². The van der Waals surface area contributed by atoms with Crippen molar-refractivity contribution in [2.75, 3.05) is 33.9 Å². The third-order valence-electron chi connectivity index (χ3n) is 6.64. The predicted molar refractivity (Wildman–Crippen MR) is 127 cm³/mol. The molecule has 1 amide bonds. The topological polar surface area (TPSA) is 70.7 Å². The number of piperazine rings is 1. The average molecular weight is 447 g/mol. The Morgan fingerprint density at radius 3 is 2.61 bits per heavy atom. The third-order valence-corrected chi connectivity index (χ3v) is 6.64. The number of amides is 1. The van der Waals surface area contributed by atoms with E-state index in [1.165, 1.54) is 18.4 Å². The zero-order valence-corrected chi connectivity index (χ0v) is 19.2. The maximum absolute atomic E-state index is 13.6. The molecule has 2 aromatic carbocycles. The van der Waals surface area contributed by atoms with Crippen molar-refractivity contribution in [2.45, 2.75) is 31.3 Å². The van der Waals surface area contributed by atoms with E-state index in [0.717, 1.165) is 31.6 Å². The van der Waals surface area contributed by atoms with Gasteiger partial charge in [0.15, 0.2) is 0 Å². The molecule has 1 saturated heterocycles. The van der Waals surface area contributed by atoms with Crippen LogP contribution < -0.4 is 9.47 Å². The lowest BCUT2D eigenvalue weighted by atomic mass is 10.0. The standard InChI is InChI=1S/C26H30N4O3/c1-32-21-10-11-25(33-2)22(15-21)23-16-24(28-27-23)26(31)30-13-12-29(19-8-9-19)17-20(30)14-18-6-4-3-5-7-18/h3-7,10-11,15-16,19-20H,8-9,12-14,17H2,1-2H3,(H,27,28). The molecule has 2 heterocycles. The molecule has 5 rings (SSSR count). The first-order chi connectivity index (χ1) is 16.2. The van der Waals surface area contributed by atoms with Gasteiger partial charge < -0.3 is 14.4 Å². The van der Waals surface area contributed by atoms with Gasteiger partial charge in [-0.1, -0.05) is 30.3 Å². The molecule has 1 N–H and O–H groups in total. The van der Waals surface area contributed by atoms with E-state index < -0.39 is 0 Å². The van der Waals surface area contributed by atoms with Crippen molar-refractivity contribution >= 4 is 5.91 Å². The SMILES string of the molecule is COc1ccc(OC)c(-c2cc(C(=O)N3CCN(C4CC4)CC3Cc3ccccc3)[nH]n2)c1.